The Morgan fingerprint density at radius 1 is 1.07 bits per heavy atom. The lowest BCUT2D eigenvalue weighted by Gasteiger charge is -1.93. The van der Waals surface area contributed by atoms with E-state index in [1.165, 1.54) is 7.05 Å². The summed E-state index contributed by atoms with van der Waals surface area (Å²) in [6, 6.07) is 0. The van der Waals surface area contributed by atoms with Gasteiger partial charge in [0.1, 0.15) is 5.65 Å². The van der Waals surface area contributed by atoms with Crippen molar-refractivity contribution in [2.24, 2.45) is 7.05 Å². The van der Waals surface area contributed by atoms with E-state index in [2.05, 4.69) is 15.0 Å². The zero-order valence-electron chi connectivity index (χ0n) is 7.08. The Morgan fingerprint density at radius 2 is 1.71 bits per heavy atom. The highest BCUT2D eigenvalue weighted by molar-refractivity contribution is 5.85. The van der Waals surface area contributed by atoms with Crippen LogP contribution in [-0.2, 0) is 7.05 Å². The predicted octanol–water partition coefficient (Wildman–Crippen LogP) is -1.34. The van der Waals surface area contributed by atoms with E-state index >= 15 is 0 Å². The largest absolute Gasteiger partial charge is 0.329 e. The van der Waals surface area contributed by atoms with Gasteiger partial charge in [-0.2, -0.15) is 0 Å². The van der Waals surface area contributed by atoms with E-state index in [-0.39, 0.29) is 23.6 Å². The summed E-state index contributed by atoms with van der Waals surface area (Å²) in [5.41, 5.74) is -1.41. The fraction of sp³-hybridized carbons (Fsp3) is 0.167. The summed E-state index contributed by atoms with van der Waals surface area (Å²) in [5, 5.41) is 0. The maximum Gasteiger partial charge on any atom is 0.329 e. The lowest BCUT2D eigenvalue weighted by molar-refractivity contribution is 0.790. The molecule has 0 spiro atoms. The molecule has 2 rings (SSSR count). The minimum atomic E-state index is -0.562. The quantitative estimate of drug-likeness (QED) is 0.510. The Bertz CT molecular complexity index is 631. The molecule has 0 unspecified atom stereocenters. The molecule has 0 saturated heterocycles. The Balaban J connectivity index is 0.000000980. The summed E-state index contributed by atoms with van der Waals surface area (Å²) < 4.78 is 0.881. The standard InChI is InChI=1S/C6H6N4O3.ClH/c1-10-4(11)2-3(9-6(10)13)8-5(12)7-2;/h1H3,(H,9,13)(H2,7,8,12);1H. The zero-order chi connectivity index (χ0) is 9.59. The summed E-state index contributed by atoms with van der Waals surface area (Å²) in [7, 11) is 1.33. The summed E-state index contributed by atoms with van der Waals surface area (Å²) in [6.07, 6.45) is 0. The first-order valence-corrected chi connectivity index (χ1v) is 3.51. The second-order valence-electron chi connectivity index (χ2n) is 2.62. The second-order valence-corrected chi connectivity index (χ2v) is 2.62. The van der Waals surface area contributed by atoms with Crippen molar-refractivity contribution < 1.29 is 0 Å². The van der Waals surface area contributed by atoms with Crippen LogP contribution in [0.2, 0.25) is 0 Å². The highest BCUT2D eigenvalue weighted by Gasteiger charge is 2.06. The highest BCUT2D eigenvalue weighted by Crippen LogP contribution is 1.90. The molecule has 0 bridgehead atoms. The number of imidazole rings is 1. The van der Waals surface area contributed by atoms with Crippen molar-refractivity contribution in [3.8, 4) is 0 Å². The van der Waals surface area contributed by atoms with Gasteiger partial charge in [-0.1, -0.05) is 0 Å². The van der Waals surface area contributed by atoms with Crippen LogP contribution >= 0.6 is 12.4 Å². The van der Waals surface area contributed by atoms with E-state index in [1.807, 2.05) is 0 Å². The van der Waals surface area contributed by atoms with Crippen LogP contribution in [0.3, 0.4) is 0 Å². The third-order valence-electron chi connectivity index (χ3n) is 1.78. The van der Waals surface area contributed by atoms with Crippen LogP contribution in [0.15, 0.2) is 14.4 Å². The zero-order valence-corrected chi connectivity index (χ0v) is 7.90. The smallest absolute Gasteiger partial charge is 0.300 e. The van der Waals surface area contributed by atoms with Gasteiger partial charge in [0.15, 0.2) is 5.52 Å². The normalized spacial score (nSPS) is 10.1. The molecule has 3 N–H and O–H groups in total. The van der Waals surface area contributed by atoms with Gasteiger partial charge < -0.3 is 0 Å². The van der Waals surface area contributed by atoms with Crippen molar-refractivity contribution >= 4 is 23.6 Å². The number of nitrogens with zero attached hydrogens (tertiary/aromatic N) is 1. The van der Waals surface area contributed by atoms with Gasteiger partial charge in [-0.3, -0.25) is 24.3 Å². The molecule has 2 heterocycles. The van der Waals surface area contributed by atoms with E-state index in [1.54, 1.807) is 0 Å². The van der Waals surface area contributed by atoms with Crippen LogP contribution in [0.25, 0.3) is 11.2 Å². The van der Waals surface area contributed by atoms with Gasteiger partial charge in [0.2, 0.25) is 0 Å². The molecule has 0 amide bonds. The predicted molar refractivity (Wildman–Crippen MR) is 52.0 cm³/mol. The van der Waals surface area contributed by atoms with Gasteiger partial charge >= 0.3 is 11.4 Å². The van der Waals surface area contributed by atoms with E-state index < -0.39 is 16.9 Å². The molecule has 0 aliphatic carbocycles. The first kappa shape index (κ1) is 10.3. The van der Waals surface area contributed by atoms with Crippen molar-refractivity contribution in [2.75, 3.05) is 0 Å². The maximum atomic E-state index is 11.3. The molecule has 14 heavy (non-hydrogen) atoms. The Labute approximate surface area is 82.2 Å². The molecule has 0 saturated carbocycles. The summed E-state index contributed by atoms with van der Waals surface area (Å²) in [6.45, 7) is 0. The van der Waals surface area contributed by atoms with Crippen molar-refractivity contribution in [1.29, 1.82) is 0 Å². The van der Waals surface area contributed by atoms with Crippen LogP contribution in [0, 0.1) is 0 Å². The van der Waals surface area contributed by atoms with Crippen molar-refractivity contribution in [1.82, 2.24) is 19.5 Å². The number of aromatic nitrogens is 4. The lowest BCUT2D eigenvalue weighted by Crippen LogP contribution is -2.32. The molecule has 0 atom stereocenters. The molecule has 0 aromatic carbocycles. The van der Waals surface area contributed by atoms with Gasteiger partial charge in [0.05, 0.1) is 0 Å². The molecule has 0 radical (unpaired) electrons. The average Bonchev–Trinajstić information content (AvgIpc) is 2.42. The molecule has 2 aromatic heterocycles. The van der Waals surface area contributed by atoms with Gasteiger partial charge in [-0.05, 0) is 0 Å². The molecule has 0 aliphatic rings. The third-order valence-corrected chi connectivity index (χ3v) is 1.78. The van der Waals surface area contributed by atoms with E-state index in [9.17, 15) is 14.4 Å². The monoisotopic (exact) mass is 218 g/mol. The second kappa shape index (κ2) is 3.18. The Morgan fingerprint density at radius 3 is 2.36 bits per heavy atom. The van der Waals surface area contributed by atoms with E-state index in [4.69, 9.17) is 0 Å². The fourth-order valence-corrected chi connectivity index (χ4v) is 1.09. The third kappa shape index (κ3) is 1.27. The molecule has 7 nitrogen and oxygen atoms in total. The van der Waals surface area contributed by atoms with Crippen molar-refractivity contribution in [3.05, 3.63) is 31.3 Å². The van der Waals surface area contributed by atoms with Crippen LogP contribution < -0.4 is 16.9 Å². The Kier molecular flexibility index (Phi) is 2.35. The highest BCUT2D eigenvalue weighted by atomic mass is 35.5. The molecule has 0 fully saturated rings. The number of nitrogens with one attached hydrogen (secondary N) is 3. The van der Waals surface area contributed by atoms with E-state index in [0.717, 1.165) is 4.57 Å². The first-order chi connectivity index (χ1) is 6.09. The topological polar surface area (TPSA) is 104 Å². The number of hydrogen-bond donors (Lipinski definition) is 3. The first-order valence-electron chi connectivity index (χ1n) is 3.51. The molecule has 76 valence electrons. The number of aromatic amines is 3. The summed E-state index contributed by atoms with van der Waals surface area (Å²) in [5.74, 6) is 0. The van der Waals surface area contributed by atoms with Crippen LogP contribution in [0.4, 0.5) is 0 Å². The average molecular weight is 219 g/mol. The SMILES string of the molecule is Cl.Cn1c(=O)[nH]c2[nH]c(=O)[nH]c2c1=O. The lowest BCUT2D eigenvalue weighted by atomic mass is 10.5. The number of halogens is 1. The summed E-state index contributed by atoms with van der Waals surface area (Å²) >= 11 is 0. The number of H-pyrrole nitrogens is 3. The Hall–Kier alpha value is -1.76. The minimum Gasteiger partial charge on any atom is -0.300 e. The fourth-order valence-electron chi connectivity index (χ4n) is 1.09. The molecule has 2 aromatic rings. The van der Waals surface area contributed by atoms with Gasteiger partial charge in [-0.25, -0.2) is 9.59 Å². The van der Waals surface area contributed by atoms with Crippen molar-refractivity contribution in [2.45, 2.75) is 0 Å². The molecule has 0 aliphatic heterocycles. The summed E-state index contributed by atoms with van der Waals surface area (Å²) in [4.78, 5) is 40.0. The number of rotatable bonds is 0. The maximum absolute atomic E-state index is 11.3. The van der Waals surface area contributed by atoms with Gasteiger partial charge in [0.25, 0.3) is 5.56 Å². The van der Waals surface area contributed by atoms with Crippen LogP contribution in [-0.4, -0.2) is 19.5 Å². The van der Waals surface area contributed by atoms with E-state index in [0.29, 0.717) is 0 Å². The number of fused-ring (bicyclic) bond motifs is 1. The van der Waals surface area contributed by atoms with Gasteiger partial charge in [0, 0.05) is 7.05 Å². The number of hydrogen-bond acceptors (Lipinski definition) is 3. The minimum absolute atomic E-state index is 0. The molecule has 8 heteroatoms. The molecular formula is C6H7ClN4O3. The van der Waals surface area contributed by atoms with Crippen LogP contribution in [0.5, 0.6) is 0 Å². The van der Waals surface area contributed by atoms with Gasteiger partial charge in [-0.15, -0.1) is 12.4 Å². The van der Waals surface area contributed by atoms with Crippen LogP contribution in [0.1, 0.15) is 0 Å². The molecular weight excluding hydrogens is 212 g/mol. The van der Waals surface area contributed by atoms with Crippen molar-refractivity contribution in [3.63, 3.8) is 0 Å².